The van der Waals surface area contributed by atoms with E-state index < -0.39 is 0 Å². The molecule has 0 spiro atoms. The molecule has 0 bridgehead atoms. The topological polar surface area (TPSA) is 67.4 Å². The van der Waals surface area contributed by atoms with Crippen LogP contribution in [0.5, 0.6) is 5.75 Å². The van der Waals surface area contributed by atoms with Gasteiger partial charge in [-0.2, -0.15) is 0 Å². The van der Waals surface area contributed by atoms with E-state index in [1.807, 2.05) is 43.3 Å². The monoisotopic (exact) mass is 312 g/mol. The third kappa shape index (κ3) is 5.14. The standard InChI is InChI=1S/C18H20N2O3/c1-13-4-3-5-15(10-13)18(22)20-12-17(21)19-11-14-6-8-16(23-2)9-7-14/h3-10H,11-12H2,1-2H3,(H,19,21)(H,20,22). The maximum atomic E-state index is 11.9. The highest BCUT2D eigenvalue weighted by Gasteiger charge is 2.08. The van der Waals surface area contributed by atoms with Crippen molar-refractivity contribution in [1.29, 1.82) is 0 Å². The summed E-state index contributed by atoms with van der Waals surface area (Å²) in [5, 5.41) is 5.37. The zero-order chi connectivity index (χ0) is 16.7. The third-order valence-electron chi connectivity index (χ3n) is 3.34. The summed E-state index contributed by atoms with van der Waals surface area (Å²) in [7, 11) is 1.60. The van der Waals surface area contributed by atoms with Crippen LogP contribution in [0, 0.1) is 6.92 Å². The van der Waals surface area contributed by atoms with Gasteiger partial charge in [-0.25, -0.2) is 0 Å². The van der Waals surface area contributed by atoms with Crippen LogP contribution in [0.3, 0.4) is 0 Å². The van der Waals surface area contributed by atoms with E-state index in [0.717, 1.165) is 16.9 Å². The Balaban J connectivity index is 1.77. The van der Waals surface area contributed by atoms with Crippen LogP contribution in [-0.4, -0.2) is 25.5 Å². The number of nitrogens with one attached hydrogen (secondary N) is 2. The van der Waals surface area contributed by atoms with Crippen LogP contribution in [0.1, 0.15) is 21.5 Å². The molecule has 5 heteroatoms. The number of carbonyl (C=O) groups is 2. The van der Waals surface area contributed by atoms with E-state index in [2.05, 4.69) is 10.6 Å². The predicted molar refractivity (Wildman–Crippen MR) is 88.4 cm³/mol. The average Bonchev–Trinajstić information content (AvgIpc) is 2.58. The number of ether oxygens (including phenoxy) is 1. The summed E-state index contributed by atoms with van der Waals surface area (Å²) in [6.07, 6.45) is 0. The minimum Gasteiger partial charge on any atom is -0.497 e. The molecule has 2 N–H and O–H groups in total. The Bertz CT molecular complexity index is 681. The van der Waals surface area contributed by atoms with E-state index in [0.29, 0.717) is 12.1 Å². The fourth-order valence-corrected chi connectivity index (χ4v) is 2.06. The van der Waals surface area contributed by atoms with Crippen LogP contribution in [0.4, 0.5) is 0 Å². The van der Waals surface area contributed by atoms with E-state index in [9.17, 15) is 9.59 Å². The van der Waals surface area contributed by atoms with Crippen LogP contribution in [0.25, 0.3) is 0 Å². The maximum absolute atomic E-state index is 11.9. The minimum atomic E-state index is -0.256. The van der Waals surface area contributed by atoms with E-state index in [1.165, 1.54) is 0 Å². The Kier molecular flexibility index (Phi) is 5.74. The van der Waals surface area contributed by atoms with Gasteiger partial charge in [-0.05, 0) is 36.8 Å². The lowest BCUT2D eigenvalue weighted by atomic mass is 10.1. The lowest BCUT2D eigenvalue weighted by Crippen LogP contribution is -2.36. The van der Waals surface area contributed by atoms with Crippen molar-refractivity contribution in [3.63, 3.8) is 0 Å². The van der Waals surface area contributed by atoms with Crippen molar-refractivity contribution in [3.8, 4) is 5.75 Å². The van der Waals surface area contributed by atoms with Gasteiger partial charge in [-0.15, -0.1) is 0 Å². The molecule has 0 saturated heterocycles. The van der Waals surface area contributed by atoms with Gasteiger partial charge in [-0.3, -0.25) is 9.59 Å². The summed E-state index contributed by atoms with van der Waals surface area (Å²) in [5.74, 6) is 0.278. The lowest BCUT2D eigenvalue weighted by Gasteiger charge is -2.08. The fraction of sp³-hybridized carbons (Fsp3) is 0.222. The highest BCUT2D eigenvalue weighted by atomic mass is 16.5. The van der Waals surface area contributed by atoms with Gasteiger partial charge in [0.2, 0.25) is 5.91 Å². The third-order valence-corrected chi connectivity index (χ3v) is 3.34. The van der Waals surface area contributed by atoms with Gasteiger partial charge in [0.25, 0.3) is 5.91 Å². The Morgan fingerprint density at radius 2 is 1.78 bits per heavy atom. The number of hydrogen-bond donors (Lipinski definition) is 2. The molecular formula is C18H20N2O3. The van der Waals surface area contributed by atoms with Crippen LogP contribution in [-0.2, 0) is 11.3 Å². The summed E-state index contributed by atoms with van der Waals surface area (Å²) in [5.41, 5.74) is 2.51. The van der Waals surface area contributed by atoms with Crippen LogP contribution >= 0.6 is 0 Å². The van der Waals surface area contributed by atoms with Crippen molar-refractivity contribution >= 4 is 11.8 Å². The van der Waals surface area contributed by atoms with Gasteiger partial charge in [0, 0.05) is 12.1 Å². The van der Waals surface area contributed by atoms with Crippen molar-refractivity contribution in [2.24, 2.45) is 0 Å². The molecule has 0 radical (unpaired) electrons. The van der Waals surface area contributed by atoms with Crippen molar-refractivity contribution < 1.29 is 14.3 Å². The minimum absolute atomic E-state index is 0.0526. The quantitative estimate of drug-likeness (QED) is 0.858. The normalized spacial score (nSPS) is 10.0. The van der Waals surface area contributed by atoms with Gasteiger partial charge in [0.1, 0.15) is 5.75 Å². The summed E-state index contributed by atoms with van der Waals surface area (Å²) >= 11 is 0. The molecule has 2 aromatic carbocycles. The first-order valence-corrected chi connectivity index (χ1v) is 7.33. The smallest absolute Gasteiger partial charge is 0.251 e. The first kappa shape index (κ1) is 16.5. The second kappa shape index (κ2) is 7.98. The van der Waals surface area contributed by atoms with Crippen molar-refractivity contribution in [1.82, 2.24) is 10.6 Å². The molecule has 0 aliphatic rings. The SMILES string of the molecule is COc1ccc(CNC(=O)CNC(=O)c2cccc(C)c2)cc1. The Morgan fingerprint density at radius 3 is 2.43 bits per heavy atom. The van der Waals surface area contributed by atoms with Crippen molar-refractivity contribution in [2.45, 2.75) is 13.5 Å². The molecule has 5 nitrogen and oxygen atoms in total. The first-order valence-electron chi connectivity index (χ1n) is 7.33. The number of aryl methyl sites for hydroxylation is 1. The lowest BCUT2D eigenvalue weighted by molar-refractivity contribution is -0.120. The van der Waals surface area contributed by atoms with Gasteiger partial charge in [0.15, 0.2) is 0 Å². The zero-order valence-corrected chi connectivity index (χ0v) is 13.3. The predicted octanol–water partition coefficient (Wildman–Crippen LogP) is 2.05. The van der Waals surface area contributed by atoms with Crippen LogP contribution in [0.15, 0.2) is 48.5 Å². The van der Waals surface area contributed by atoms with E-state index in [-0.39, 0.29) is 18.4 Å². The largest absolute Gasteiger partial charge is 0.497 e. The first-order chi connectivity index (χ1) is 11.1. The molecule has 120 valence electrons. The Labute approximate surface area is 135 Å². The number of rotatable bonds is 6. The molecule has 0 aliphatic carbocycles. The molecule has 23 heavy (non-hydrogen) atoms. The van der Waals surface area contributed by atoms with Gasteiger partial charge in [-0.1, -0.05) is 29.8 Å². The number of carbonyl (C=O) groups excluding carboxylic acids is 2. The van der Waals surface area contributed by atoms with Crippen LogP contribution < -0.4 is 15.4 Å². The van der Waals surface area contributed by atoms with Crippen molar-refractivity contribution in [3.05, 3.63) is 65.2 Å². The second-order valence-electron chi connectivity index (χ2n) is 5.18. The van der Waals surface area contributed by atoms with E-state index in [1.54, 1.807) is 19.2 Å². The molecule has 0 atom stereocenters. The highest BCUT2D eigenvalue weighted by Crippen LogP contribution is 2.10. The molecule has 0 saturated carbocycles. The number of hydrogen-bond acceptors (Lipinski definition) is 3. The Morgan fingerprint density at radius 1 is 1.04 bits per heavy atom. The number of methoxy groups -OCH3 is 1. The molecule has 2 aromatic rings. The Hall–Kier alpha value is -2.82. The highest BCUT2D eigenvalue weighted by molar-refractivity contribution is 5.96. The van der Waals surface area contributed by atoms with E-state index in [4.69, 9.17) is 4.74 Å². The molecule has 2 rings (SSSR count). The van der Waals surface area contributed by atoms with Crippen LogP contribution in [0.2, 0.25) is 0 Å². The van der Waals surface area contributed by atoms with E-state index >= 15 is 0 Å². The fourth-order valence-electron chi connectivity index (χ4n) is 2.06. The second-order valence-corrected chi connectivity index (χ2v) is 5.18. The molecule has 0 fully saturated rings. The van der Waals surface area contributed by atoms with Gasteiger partial charge >= 0.3 is 0 Å². The molecule has 0 aliphatic heterocycles. The number of benzene rings is 2. The molecule has 2 amide bonds. The molecule has 0 aromatic heterocycles. The average molecular weight is 312 g/mol. The van der Waals surface area contributed by atoms with Gasteiger partial charge < -0.3 is 15.4 Å². The summed E-state index contributed by atoms with van der Waals surface area (Å²) < 4.78 is 5.08. The summed E-state index contributed by atoms with van der Waals surface area (Å²) in [6.45, 7) is 2.27. The van der Waals surface area contributed by atoms with Crippen molar-refractivity contribution in [2.75, 3.05) is 13.7 Å². The number of amides is 2. The molecular weight excluding hydrogens is 292 g/mol. The van der Waals surface area contributed by atoms with Gasteiger partial charge in [0.05, 0.1) is 13.7 Å². The molecule has 0 heterocycles. The summed E-state index contributed by atoms with van der Waals surface area (Å²) in [4.78, 5) is 23.7. The maximum Gasteiger partial charge on any atom is 0.251 e. The summed E-state index contributed by atoms with van der Waals surface area (Å²) in [6, 6.07) is 14.7. The zero-order valence-electron chi connectivity index (χ0n) is 13.3. The molecule has 0 unspecified atom stereocenters.